The van der Waals surface area contributed by atoms with E-state index in [2.05, 4.69) is 0 Å². The number of carbonyl (C=O) groups is 2. The molecule has 0 aromatic heterocycles. The van der Waals surface area contributed by atoms with E-state index in [1.54, 1.807) is 38.4 Å². The van der Waals surface area contributed by atoms with Gasteiger partial charge in [0.2, 0.25) is 5.91 Å². The van der Waals surface area contributed by atoms with Crippen molar-refractivity contribution in [2.24, 2.45) is 0 Å². The smallest absolute Gasteiger partial charge is 0.236 e. The topological polar surface area (TPSA) is 40.6 Å². The summed E-state index contributed by atoms with van der Waals surface area (Å²) in [7, 11) is 3.43. The van der Waals surface area contributed by atoms with Gasteiger partial charge in [-0.05, 0) is 25.1 Å². The van der Waals surface area contributed by atoms with Crippen molar-refractivity contribution in [2.45, 2.75) is 13.3 Å². The van der Waals surface area contributed by atoms with E-state index in [4.69, 9.17) is 11.6 Å². The van der Waals surface area contributed by atoms with Gasteiger partial charge in [-0.2, -0.15) is 0 Å². The fourth-order valence-electron chi connectivity index (χ4n) is 1.82. The molecule has 4 nitrogen and oxygen atoms in total. The van der Waals surface area contributed by atoms with Gasteiger partial charge in [0, 0.05) is 24.7 Å². The van der Waals surface area contributed by atoms with Crippen LogP contribution in [0.15, 0.2) is 24.3 Å². The minimum absolute atomic E-state index is 0.00246. The molecule has 0 aliphatic rings. The fourth-order valence-corrected chi connectivity index (χ4v) is 2.01. The van der Waals surface area contributed by atoms with Crippen molar-refractivity contribution in [2.75, 3.05) is 33.7 Å². The summed E-state index contributed by atoms with van der Waals surface area (Å²) in [6.07, 6.45) is 0.892. The van der Waals surface area contributed by atoms with Crippen LogP contribution in [0.25, 0.3) is 0 Å². The minimum Gasteiger partial charge on any atom is -0.348 e. The molecule has 1 aromatic carbocycles. The fraction of sp³-hybridized carbons (Fsp3) is 0.467. The van der Waals surface area contributed by atoms with Gasteiger partial charge in [-0.15, -0.1) is 0 Å². The van der Waals surface area contributed by atoms with E-state index in [1.165, 1.54) is 4.90 Å². The molecule has 0 bridgehead atoms. The number of hydrogen-bond donors (Lipinski definition) is 0. The van der Waals surface area contributed by atoms with Gasteiger partial charge >= 0.3 is 0 Å². The maximum Gasteiger partial charge on any atom is 0.236 e. The molecule has 1 rings (SSSR count). The van der Waals surface area contributed by atoms with Crippen LogP contribution >= 0.6 is 11.6 Å². The van der Waals surface area contributed by atoms with Gasteiger partial charge < -0.3 is 4.90 Å². The third-order valence-corrected chi connectivity index (χ3v) is 3.15. The Hall–Kier alpha value is -1.39. The Bertz CT molecular complexity index is 475. The summed E-state index contributed by atoms with van der Waals surface area (Å²) in [5.74, 6) is -0.0233. The molecule has 1 amide bonds. The number of Topliss-reactive ketones (excluding diaryl/α,β-unsaturated/α-hetero) is 1. The number of carbonyl (C=O) groups excluding carboxylic acids is 2. The standard InChI is InChI=1S/C15H21ClN2O2/c1-4-8-18(11-15(20)17(2)3)10-14(19)12-6-5-7-13(16)9-12/h5-7,9H,4,8,10-11H2,1-3H3. The van der Waals surface area contributed by atoms with Crippen LogP contribution in [-0.2, 0) is 4.79 Å². The number of halogens is 1. The summed E-state index contributed by atoms with van der Waals surface area (Å²) in [6.45, 7) is 3.23. The average molecular weight is 297 g/mol. The molecule has 1 aromatic rings. The largest absolute Gasteiger partial charge is 0.348 e. The summed E-state index contributed by atoms with van der Waals surface area (Å²) < 4.78 is 0. The van der Waals surface area contributed by atoms with Crippen molar-refractivity contribution < 1.29 is 9.59 Å². The highest BCUT2D eigenvalue weighted by Gasteiger charge is 2.16. The molecule has 0 atom stereocenters. The van der Waals surface area contributed by atoms with E-state index in [1.807, 2.05) is 11.8 Å². The van der Waals surface area contributed by atoms with E-state index in [0.29, 0.717) is 17.1 Å². The predicted molar refractivity (Wildman–Crippen MR) is 81.2 cm³/mol. The molecule has 0 aliphatic carbocycles. The van der Waals surface area contributed by atoms with Crippen LogP contribution < -0.4 is 0 Å². The number of nitrogens with zero attached hydrogens (tertiary/aromatic N) is 2. The van der Waals surface area contributed by atoms with Crippen molar-refractivity contribution >= 4 is 23.3 Å². The Balaban J connectivity index is 2.70. The van der Waals surface area contributed by atoms with E-state index >= 15 is 0 Å². The van der Waals surface area contributed by atoms with Gasteiger partial charge in [0.05, 0.1) is 13.1 Å². The molecule has 0 radical (unpaired) electrons. The Morgan fingerprint density at radius 2 is 1.90 bits per heavy atom. The van der Waals surface area contributed by atoms with Gasteiger partial charge in [-0.3, -0.25) is 14.5 Å². The van der Waals surface area contributed by atoms with Crippen molar-refractivity contribution in [3.05, 3.63) is 34.9 Å². The number of rotatable bonds is 7. The molecular weight excluding hydrogens is 276 g/mol. The number of amides is 1. The normalized spacial score (nSPS) is 10.7. The Morgan fingerprint density at radius 1 is 1.20 bits per heavy atom. The number of likely N-dealkylation sites (N-methyl/N-ethyl adjacent to an activating group) is 1. The van der Waals surface area contributed by atoms with E-state index < -0.39 is 0 Å². The van der Waals surface area contributed by atoms with Gasteiger partial charge in [-0.25, -0.2) is 0 Å². The molecule has 0 saturated carbocycles. The number of benzene rings is 1. The molecule has 0 spiro atoms. The highest BCUT2D eigenvalue weighted by atomic mass is 35.5. The third-order valence-electron chi connectivity index (χ3n) is 2.91. The molecule has 0 aliphatic heterocycles. The summed E-state index contributed by atoms with van der Waals surface area (Å²) >= 11 is 5.89. The van der Waals surface area contributed by atoms with E-state index in [-0.39, 0.29) is 24.8 Å². The molecule has 0 N–H and O–H groups in total. The lowest BCUT2D eigenvalue weighted by atomic mass is 10.1. The van der Waals surface area contributed by atoms with E-state index in [9.17, 15) is 9.59 Å². The molecule has 110 valence electrons. The second kappa shape index (κ2) is 8.02. The van der Waals surface area contributed by atoms with Crippen LogP contribution in [0.4, 0.5) is 0 Å². The lowest BCUT2D eigenvalue weighted by molar-refractivity contribution is -0.129. The maximum absolute atomic E-state index is 12.2. The van der Waals surface area contributed by atoms with Crippen LogP contribution in [0.2, 0.25) is 5.02 Å². The lowest BCUT2D eigenvalue weighted by Crippen LogP contribution is -2.39. The zero-order valence-electron chi connectivity index (χ0n) is 12.2. The predicted octanol–water partition coefficient (Wildman–Crippen LogP) is 2.32. The lowest BCUT2D eigenvalue weighted by Gasteiger charge is -2.22. The highest BCUT2D eigenvalue weighted by molar-refractivity contribution is 6.31. The first-order chi connectivity index (χ1) is 9.43. The quantitative estimate of drug-likeness (QED) is 0.725. The molecule has 0 heterocycles. The molecule has 0 fully saturated rings. The summed E-state index contributed by atoms with van der Waals surface area (Å²) in [4.78, 5) is 27.4. The number of ketones is 1. The van der Waals surface area contributed by atoms with Crippen LogP contribution in [0.5, 0.6) is 0 Å². The second-order valence-corrected chi connectivity index (χ2v) is 5.37. The molecule has 5 heteroatoms. The monoisotopic (exact) mass is 296 g/mol. The highest BCUT2D eigenvalue weighted by Crippen LogP contribution is 2.11. The maximum atomic E-state index is 12.2. The van der Waals surface area contributed by atoms with Crippen LogP contribution in [0, 0.1) is 0 Å². The number of hydrogen-bond acceptors (Lipinski definition) is 3. The van der Waals surface area contributed by atoms with Gasteiger partial charge in [0.25, 0.3) is 0 Å². The first-order valence-electron chi connectivity index (χ1n) is 6.65. The van der Waals surface area contributed by atoms with Crippen LogP contribution in [0.1, 0.15) is 23.7 Å². The molecule has 0 saturated heterocycles. The van der Waals surface area contributed by atoms with Crippen LogP contribution in [-0.4, -0.2) is 55.2 Å². The van der Waals surface area contributed by atoms with Gasteiger partial charge in [-0.1, -0.05) is 30.7 Å². The van der Waals surface area contributed by atoms with Crippen molar-refractivity contribution in [1.29, 1.82) is 0 Å². The van der Waals surface area contributed by atoms with Crippen LogP contribution in [0.3, 0.4) is 0 Å². The van der Waals surface area contributed by atoms with Crippen molar-refractivity contribution in [1.82, 2.24) is 9.80 Å². The Kier molecular flexibility index (Phi) is 6.68. The zero-order chi connectivity index (χ0) is 15.1. The van der Waals surface area contributed by atoms with E-state index in [0.717, 1.165) is 6.42 Å². The Labute approximate surface area is 125 Å². The summed E-state index contributed by atoms with van der Waals surface area (Å²) in [5.41, 5.74) is 0.580. The van der Waals surface area contributed by atoms with Crippen molar-refractivity contribution in [3.63, 3.8) is 0 Å². The molecule has 0 unspecified atom stereocenters. The minimum atomic E-state index is -0.0208. The molecular formula is C15H21ClN2O2. The third kappa shape index (κ3) is 5.31. The second-order valence-electron chi connectivity index (χ2n) is 4.93. The summed E-state index contributed by atoms with van der Waals surface area (Å²) in [5, 5.41) is 0.544. The summed E-state index contributed by atoms with van der Waals surface area (Å²) in [6, 6.07) is 6.89. The van der Waals surface area contributed by atoms with Crippen molar-refractivity contribution in [3.8, 4) is 0 Å². The zero-order valence-corrected chi connectivity index (χ0v) is 13.0. The molecule has 20 heavy (non-hydrogen) atoms. The first kappa shape index (κ1) is 16.7. The SMILES string of the molecule is CCCN(CC(=O)c1cccc(Cl)c1)CC(=O)N(C)C. The van der Waals surface area contributed by atoms with Gasteiger partial charge in [0.1, 0.15) is 0 Å². The average Bonchev–Trinajstić information content (AvgIpc) is 2.38. The Morgan fingerprint density at radius 3 is 2.45 bits per heavy atom. The first-order valence-corrected chi connectivity index (χ1v) is 7.03. The van der Waals surface area contributed by atoms with Gasteiger partial charge in [0.15, 0.2) is 5.78 Å².